The first-order valence-corrected chi connectivity index (χ1v) is 13.8. The minimum atomic E-state index is -0.857. The number of aliphatic hydroxyl groups excluding tert-OH is 1. The van der Waals surface area contributed by atoms with Crippen molar-refractivity contribution in [2.45, 2.75) is 57.9 Å². The number of carbonyl (C=O) groups excluding carboxylic acids is 2. The van der Waals surface area contributed by atoms with E-state index in [0.717, 1.165) is 23.3 Å². The molecule has 0 spiro atoms. The maximum absolute atomic E-state index is 13.6. The third-order valence-corrected chi connectivity index (χ3v) is 6.81. The number of hydrogen-bond donors (Lipinski definition) is 3. The summed E-state index contributed by atoms with van der Waals surface area (Å²) in [7, 11) is 1.63. The van der Waals surface area contributed by atoms with Crippen LogP contribution in [0.4, 0.5) is 5.69 Å². The number of nitrogens with zero attached hydrogens (tertiary/aromatic N) is 1. The number of rotatable bonds is 13. The minimum absolute atomic E-state index is 0.0348. The predicted molar refractivity (Wildman–Crippen MR) is 156 cm³/mol. The number of benzene rings is 3. The van der Waals surface area contributed by atoms with Crippen LogP contribution in [0.2, 0.25) is 0 Å². The third kappa shape index (κ3) is 8.07. The van der Waals surface area contributed by atoms with E-state index in [9.17, 15) is 14.7 Å². The van der Waals surface area contributed by atoms with Crippen molar-refractivity contribution in [3.05, 3.63) is 89.5 Å². The molecule has 1 aliphatic heterocycles. The smallest absolute Gasteiger partial charge is 0.251 e. The first-order valence-electron chi connectivity index (χ1n) is 13.8. The van der Waals surface area contributed by atoms with Crippen molar-refractivity contribution in [1.29, 1.82) is 0 Å². The van der Waals surface area contributed by atoms with Crippen LogP contribution in [0.25, 0.3) is 0 Å². The van der Waals surface area contributed by atoms with Gasteiger partial charge in [-0.05, 0) is 62.1 Å². The summed E-state index contributed by atoms with van der Waals surface area (Å²) in [6, 6.07) is 22.2. The van der Waals surface area contributed by atoms with Gasteiger partial charge < -0.3 is 30.1 Å². The maximum Gasteiger partial charge on any atom is 0.251 e. The summed E-state index contributed by atoms with van der Waals surface area (Å²) in [6.07, 6.45) is 0.774. The summed E-state index contributed by atoms with van der Waals surface area (Å²) in [5, 5.41) is 17.5. The molecule has 8 nitrogen and oxygen atoms in total. The molecule has 0 saturated carbocycles. The number of nitrogens with one attached hydrogen (secondary N) is 2. The van der Waals surface area contributed by atoms with Crippen molar-refractivity contribution in [2.75, 3.05) is 25.1 Å². The van der Waals surface area contributed by atoms with Crippen molar-refractivity contribution < 1.29 is 24.2 Å². The van der Waals surface area contributed by atoms with Gasteiger partial charge in [0.1, 0.15) is 11.5 Å². The normalized spacial score (nSPS) is 14.7. The summed E-state index contributed by atoms with van der Waals surface area (Å²) in [5.74, 6) is 0.993. The van der Waals surface area contributed by atoms with Crippen LogP contribution in [0.15, 0.2) is 72.8 Å². The van der Waals surface area contributed by atoms with Crippen LogP contribution >= 0.6 is 0 Å². The summed E-state index contributed by atoms with van der Waals surface area (Å²) in [6.45, 7) is 5.26. The fourth-order valence-electron chi connectivity index (χ4n) is 4.82. The van der Waals surface area contributed by atoms with Gasteiger partial charge >= 0.3 is 0 Å². The van der Waals surface area contributed by atoms with Crippen LogP contribution in [-0.4, -0.2) is 55.4 Å². The zero-order valence-electron chi connectivity index (χ0n) is 23.4. The molecule has 0 bridgehead atoms. The molecule has 2 amide bonds. The quantitative estimate of drug-likeness (QED) is 0.299. The lowest BCUT2D eigenvalue weighted by molar-refractivity contribution is -0.117. The summed E-state index contributed by atoms with van der Waals surface area (Å²) < 4.78 is 11.2. The molecule has 3 aromatic rings. The second-order valence-corrected chi connectivity index (χ2v) is 10.4. The molecule has 1 heterocycles. The molecule has 1 saturated heterocycles. The summed E-state index contributed by atoms with van der Waals surface area (Å²) in [5.41, 5.74) is 3.05. The van der Waals surface area contributed by atoms with E-state index in [1.807, 2.05) is 68.4 Å². The second-order valence-electron chi connectivity index (χ2n) is 10.4. The van der Waals surface area contributed by atoms with Gasteiger partial charge in [-0.3, -0.25) is 9.59 Å². The van der Waals surface area contributed by atoms with Gasteiger partial charge in [0, 0.05) is 43.4 Å². The molecule has 2 atom stereocenters. The van der Waals surface area contributed by atoms with Gasteiger partial charge in [-0.15, -0.1) is 0 Å². The SMILES string of the molecule is COc1cccc(CNCC(O)C(Cc2ccccc2)NC(=O)c2cc(OC(C)C)cc(N3CCCC3=O)c2)c1. The lowest BCUT2D eigenvalue weighted by Gasteiger charge is -2.26. The van der Waals surface area contributed by atoms with Crippen molar-refractivity contribution >= 4 is 17.5 Å². The Morgan fingerprint density at radius 1 is 1.00 bits per heavy atom. The Hall–Kier alpha value is -3.88. The molecule has 1 fully saturated rings. The first-order chi connectivity index (χ1) is 19.3. The van der Waals surface area contributed by atoms with Gasteiger partial charge in [0.25, 0.3) is 5.91 Å². The maximum atomic E-state index is 13.6. The van der Waals surface area contributed by atoms with Crippen molar-refractivity contribution in [3.63, 3.8) is 0 Å². The fraction of sp³-hybridized carbons (Fsp3) is 0.375. The number of ether oxygens (including phenoxy) is 2. The van der Waals surface area contributed by atoms with Crippen molar-refractivity contribution in [3.8, 4) is 11.5 Å². The lowest BCUT2D eigenvalue weighted by Crippen LogP contribution is -2.48. The van der Waals surface area contributed by atoms with E-state index in [1.165, 1.54) is 0 Å². The molecular formula is C32H39N3O5. The van der Waals surface area contributed by atoms with E-state index in [2.05, 4.69) is 10.6 Å². The molecule has 0 radical (unpaired) electrons. The van der Waals surface area contributed by atoms with E-state index >= 15 is 0 Å². The minimum Gasteiger partial charge on any atom is -0.497 e. The summed E-state index contributed by atoms with van der Waals surface area (Å²) in [4.78, 5) is 27.7. The second kappa shape index (κ2) is 14.0. The zero-order chi connectivity index (χ0) is 28.5. The molecule has 40 heavy (non-hydrogen) atoms. The topological polar surface area (TPSA) is 100 Å². The van der Waals surface area contributed by atoms with Gasteiger partial charge in [0.05, 0.1) is 25.4 Å². The van der Waals surface area contributed by atoms with Gasteiger partial charge in [0.15, 0.2) is 0 Å². The van der Waals surface area contributed by atoms with Crippen LogP contribution in [0.1, 0.15) is 48.2 Å². The Kier molecular flexibility index (Phi) is 10.2. The fourth-order valence-corrected chi connectivity index (χ4v) is 4.82. The Labute approximate surface area is 236 Å². The highest BCUT2D eigenvalue weighted by molar-refractivity contribution is 5.99. The van der Waals surface area contributed by atoms with Crippen molar-refractivity contribution in [1.82, 2.24) is 10.6 Å². The Morgan fingerprint density at radius 2 is 1.77 bits per heavy atom. The van der Waals surface area contributed by atoms with E-state index in [1.54, 1.807) is 30.2 Å². The Morgan fingerprint density at radius 3 is 2.48 bits per heavy atom. The molecule has 2 unspecified atom stereocenters. The highest BCUT2D eigenvalue weighted by Gasteiger charge is 2.26. The van der Waals surface area contributed by atoms with Gasteiger partial charge in [-0.2, -0.15) is 0 Å². The zero-order valence-corrected chi connectivity index (χ0v) is 23.4. The van der Waals surface area contributed by atoms with Crippen LogP contribution in [0.5, 0.6) is 11.5 Å². The van der Waals surface area contributed by atoms with E-state index < -0.39 is 12.1 Å². The molecule has 212 valence electrons. The number of methoxy groups -OCH3 is 1. The molecule has 0 aromatic heterocycles. The molecule has 4 rings (SSSR count). The largest absolute Gasteiger partial charge is 0.497 e. The monoisotopic (exact) mass is 545 g/mol. The molecule has 0 aliphatic carbocycles. The molecular weight excluding hydrogens is 506 g/mol. The van der Waals surface area contributed by atoms with Crippen LogP contribution < -0.4 is 25.0 Å². The third-order valence-electron chi connectivity index (χ3n) is 6.81. The number of carbonyl (C=O) groups is 2. The number of anilines is 1. The average Bonchev–Trinajstić information content (AvgIpc) is 3.38. The van der Waals surface area contributed by atoms with E-state index in [-0.39, 0.29) is 24.5 Å². The number of amides is 2. The highest BCUT2D eigenvalue weighted by atomic mass is 16.5. The van der Waals surface area contributed by atoms with Crippen LogP contribution in [0, 0.1) is 0 Å². The summed E-state index contributed by atoms with van der Waals surface area (Å²) >= 11 is 0. The van der Waals surface area contributed by atoms with Crippen LogP contribution in [0.3, 0.4) is 0 Å². The molecule has 3 aromatic carbocycles. The number of hydrogen-bond acceptors (Lipinski definition) is 6. The van der Waals surface area contributed by atoms with E-state index in [0.29, 0.717) is 42.9 Å². The highest BCUT2D eigenvalue weighted by Crippen LogP contribution is 2.28. The van der Waals surface area contributed by atoms with Crippen LogP contribution in [-0.2, 0) is 17.8 Å². The Balaban J connectivity index is 1.51. The van der Waals surface area contributed by atoms with Gasteiger partial charge in [-0.1, -0.05) is 42.5 Å². The Bertz CT molecular complexity index is 1280. The van der Waals surface area contributed by atoms with E-state index in [4.69, 9.17) is 9.47 Å². The average molecular weight is 546 g/mol. The first kappa shape index (κ1) is 29.1. The molecule has 1 aliphatic rings. The number of aliphatic hydroxyl groups is 1. The molecule has 3 N–H and O–H groups in total. The lowest BCUT2D eigenvalue weighted by atomic mass is 10.00. The van der Waals surface area contributed by atoms with Gasteiger partial charge in [0.2, 0.25) is 5.91 Å². The van der Waals surface area contributed by atoms with Crippen molar-refractivity contribution in [2.24, 2.45) is 0 Å². The standard InChI is InChI=1S/C32H39N3O5/c1-22(2)40-28-18-25(17-26(19-28)35-14-8-13-31(35)37)32(38)34-29(16-23-9-5-4-6-10-23)30(36)21-33-20-24-11-7-12-27(15-24)39-3/h4-7,9-12,15,17-19,22,29-30,33,36H,8,13-14,16,20-21H2,1-3H3,(H,34,38). The predicted octanol–water partition coefficient (Wildman–Crippen LogP) is 4.10. The van der Waals surface area contributed by atoms with Gasteiger partial charge in [-0.25, -0.2) is 0 Å². The molecule has 8 heteroatoms.